The van der Waals surface area contributed by atoms with Gasteiger partial charge in [-0.3, -0.25) is 37.8 Å². The van der Waals surface area contributed by atoms with Crippen LogP contribution in [0.2, 0.25) is 0 Å². The van der Waals surface area contributed by atoms with E-state index in [1.807, 2.05) is 20.8 Å². The topological polar surface area (TPSA) is 336 Å². The zero-order valence-electron chi connectivity index (χ0n) is 58.8. The van der Waals surface area contributed by atoms with Gasteiger partial charge in [-0.05, 0) is 57.8 Å². The lowest BCUT2D eigenvalue weighted by Gasteiger charge is -2.45. The average Bonchev–Trinajstić information content (AvgIpc) is 0.783. The van der Waals surface area contributed by atoms with E-state index in [0.29, 0.717) is 51.4 Å². The molecule has 7 N–H and O–H groups in total. The maximum atomic E-state index is 14.7. The molecule has 0 spiro atoms. The highest BCUT2D eigenvalue weighted by atomic mass is 31.2. The highest BCUT2D eigenvalue weighted by molar-refractivity contribution is 7.46. The Bertz CT molecular complexity index is 2060. The van der Waals surface area contributed by atoms with Crippen LogP contribution >= 0.6 is 15.6 Å². The van der Waals surface area contributed by atoms with Crippen LogP contribution in [0.25, 0.3) is 0 Å². The molecule has 25 heteroatoms. The van der Waals surface area contributed by atoms with Gasteiger partial charge in [0.05, 0.1) is 45.1 Å². The number of hydrogen-bond acceptors (Lipinski definition) is 17. The van der Waals surface area contributed by atoms with E-state index in [-0.39, 0.29) is 32.1 Å². The Balaban J connectivity index is 3.89. The van der Waals surface area contributed by atoms with Crippen LogP contribution in [0.5, 0.6) is 0 Å². The minimum absolute atomic E-state index is 0.0992. The largest absolute Gasteiger partial charge is 0.470 e. The molecule has 0 aromatic carbocycles. The maximum Gasteiger partial charge on any atom is 0.470 e. The van der Waals surface area contributed by atoms with Crippen molar-refractivity contribution in [2.45, 2.75) is 385 Å². The summed E-state index contributed by atoms with van der Waals surface area (Å²) < 4.78 is 71.5. The lowest BCUT2D eigenvalue weighted by Crippen LogP contribution is -2.66. The summed E-state index contributed by atoms with van der Waals surface area (Å²) in [6.07, 6.45) is 23.6. The Kier molecular flexibility index (Phi) is 53.7. The van der Waals surface area contributed by atoms with E-state index >= 15 is 0 Å². The lowest BCUT2D eigenvalue weighted by molar-refractivity contribution is -0.272. The molecule has 0 saturated carbocycles. The molecule has 552 valence electrons. The third kappa shape index (κ3) is 48.6. The highest BCUT2D eigenvalue weighted by Gasteiger charge is 2.52. The first-order chi connectivity index (χ1) is 45.1. The minimum Gasteiger partial charge on any atom is -0.462 e. The van der Waals surface area contributed by atoms with Gasteiger partial charge in [0.1, 0.15) is 36.6 Å². The van der Waals surface area contributed by atoms with E-state index in [1.165, 1.54) is 38.5 Å². The van der Waals surface area contributed by atoms with Crippen LogP contribution in [0.4, 0.5) is 0 Å². The van der Waals surface area contributed by atoms with Gasteiger partial charge < -0.3 is 63.7 Å². The predicted molar refractivity (Wildman–Crippen MR) is 362 cm³/mol. The number of carbonyl (C=O) groups excluding carboxylic acids is 6. The number of carbonyl (C=O) groups is 6. The van der Waals surface area contributed by atoms with Crippen molar-refractivity contribution in [2.24, 2.45) is 0 Å². The standard InChI is InChI=1S/C69H130N2O21P2/c1-7-13-19-22-25-28-31-34-40-43-56(87-62(75)46-37-16-10-4)49-60(73)70-55(54-86-93(79,80)81)53-85-69-66(71-61(74)50-57(88-63(76)47-38-17-11-5)44-41-35-32-29-26-23-20-14-8-2)68(67(59(52-72)90-69)92-94(82,83)84)91-65(78)51-58(89-64(77)48-39-18-12-6)45-42-36-33-30-27-24-21-15-9-3/h55-59,66-69,72H,7-54H2,1-6H3,(H,70,73)(H,71,74)(H2,79,80,81)(H2,82,83,84)/t55-,56+,57+,58+,59?,66+,67-,68?,69+/m0/s1. The third-order valence-corrected chi connectivity index (χ3v) is 17.9. The van der Waals surface area contributed by atoms with Crippen LogP contribution in [0.3, 0.4) is 0 Å². The van der Waals surface area contributed by atoms with Gasteiger partial charge >= 0.3 is 39.5 Å². The number of rotatable bonds is 63. The molecule has 0 aromatic heterocycles. The number of phosphoric acid groups is 2. The molecule has 1 saturated heterocycles. The fourth-order valence-corrected chi connectivity index (χ4v) is 12.5. The molecule has 0 aromatic rings. The summed E-state index contributed by atoms with van der Waals surface area (Å²) >= 11 is 0. The molecular formula is C69H130N2O21P2. The molecule has 94 heavy (non-hydrogen) atoms. The van der Waals surface area contributed by atoms with Gasteiger partial charge in [-0.15, -0.1) is 0 Å². The predicted octanol–water partition coefficient (Wildman–Crippen LogP) is 14.6. The van der Waals surface area contributed by atoms with Gasteiger partial charge in [-0.2, -0.15) is 0 Å². The quantitative estimate of drug-likeness (QED) is 0.0129. The number of hydrogen-bond donors (Lipinski definition) is 7. The zero-order valence-corrected chi connectivity index (χ0v) is 60.6. The number of esters is 4. The van der Waals surface area contributed by atoms with Gasteiger partial charge in [-0.1, -0.05) is 234 Å². The second kappa shape index (κ2) is 56.8. The van der Waals surface area contributed by atoms with Crippen LogP contribution in [0.15, 0.2) is 0 Å². The number of unbranched alkanes of at least 4 members (excludes halogenated alkanes) is 30. The van der Waals surface area contributed by atoms with E-state index in [4.69, 9.17) is 37.5 Å². The summed E-state index contributed by atoms with van der Waals surface area (Å²) in [5, 5.41) is 16.3. The van der Waals surface area contributed by atoms with Crippen molar-refractivity contribution in [3.63, 3.8) is 0 Å². The number of phosphoric ester groups is 2. The zero-order chi connectivity index (χ0) is 69.7. The highest BCUT2D eigenvalue weighted by Crippen LogP contribution is 2.43. The average molecular weight is 1390 g/mol. The second-order valence-corrected chi connectivity index (χ2v) is 28.3. The van der Waals surface area contributed by atoms with E-state index < -0.39 is 139 Å². The Morgan fingerprint density at radius 1 is 0.426 bits per heavy atom. The summed E-state index contributed by atoms with van der Waals surface area (Å²) in [6, 6.07) is -3.21. The van der Waals surface area contributed by atoms with Gasteiger partial charge in [-0.25, -0.2) is 9.13 Å². The smallest absolute Gasteiger partial charge is 0.462 e. The SMILES string of the molecule is CCCCCCCCCCC[C@H](CC(=O)N[C@@H](CO[C@@H]1OC(CO)[C@H](OP(=O)(O)O)C(OC(=O)C[C@@H](CCCCCCCCCCC)OC(=O)CCCCC)[C@H]1NC(=O)C[C@@H](CCCCCCCCCCC)OC(=O)CCCCC)COP(=O)(O)O)OC(=O)CCCCC. The van der Waals surface area contributed by atoms with E-state index in [0.717, 1.165) is 154 Å². The Morgan fingerprint density at radius 2 is 0.777 bits per heavy atom. The van der Waals surface area contributed by atoms with Crippen molar-refractivity contribution in [2.75, 3.05) is 19.8 Å². The maximum absolute atomic E-state index is 14.7. The fourth-order valence-electron chi connectivity index (χ4n) is 11.6. The van der Waals surface area contributed by atoms with Crippen molar-refractivity contribution in [1.82, 2.24) is 10.6 Å². The first-order valence-electron chi connectivity index (χ1n) is 36.8. The number of nitrogens with one attached hydrogen (secondary N) is 2. The second-order valence-electron chi connectivity index (χ2n) is 25.9. The molecule has 0 radical (unpaired) electrons. The summed E-state index contributed by atoms with van der Waals surface area (Å²) in [7, 11) is -10.8. The molecule has 23 nitrogen and oxygen atoms in total. The molecule has 1 fully saturated rings. The summed E-state index contributed by atoms with van der Waals surface area (Å²) in [4.78, 5) is 123. The van der Waals surface area contributed by atoms with Gasteiger partial charge in [0.25, 0.3) is 0 Å². The number of aliphatic hydroxyl groups is 1. The Morgan fingerprint density at radius 3 is 1.14 bits per heavy atom. The van der Waals surface area contributed by atoms with Crippen molar-refractivity contribution in [3.8, 4) is 0 Å². The molecule has 0 aliphatic carbocycles. The van der Waals surface area contributed by atoms with Crippen molar-refractivity contribution >= 4 is 51.3 Å². The van der Waals surface area contributed by atoms with Crippen LogP contribution in [0.1, 0.15) is 330 Å². The number of aliphatic hydroxyl groups excluding tert-OH is 1. The Hall–Kier alpha value is -3.08. The molecule has 1 rings (SSSR count). The first kappa shape index (κ1) is 88.9. The van der Waals surface area contributed by atoms with E-state index in [9.17, 15) is 62.6 Å². The van der Waals surface area contributed by atoms with Crippen LogP contribution < -0.4 is 10.6 Å². The lowest BCUT2D eigenvalue weighted by atomic mass is 9.95. The summed E-state index contributed by atoms with van der Waals surface area (Å²) in [5.41, 5.74) is 0. The van der Waals surface area contributed by atoms with Crippen molar-refractivity contribution in [1.29, 1.82) is 0 Å². The van der Waals surface area contributed by atoms with Crippen LogP contribution in [-0.2, 0) is 75.4 Å². The van der Waals surface area contributed by atoms with Crippen LogP contribution in [-0.4, -0.2) is 135 Å². The summed E-state index contributed by atoms with van der Waals surface area (Å²) in [6.45, 7) is 9.85. The minimum atomic E-state index is -5.57. The van der Waals surface area contributed by atoms with Gasteiger partial charge in [0.15, 0.2) is 12.4 Å². The Labute approximate surface area is 565 Å². The summed E-state index contributed by atoms with van der Waals surface area (Å²) in [5.74, 6) is -4.08. The molecule has 1 aliphatic rings. The number of ether oxygens (including phenoxy) is 6. The normalized spacial score (nSPS) is 18.0. The van der Waals surface area contributed by atoms with Crippen molar-refractivity contribution in [3.05, 3.63) is 0 Å². The van der Waals surface area contributed by atoms with E-state index in [1.54, 1.807) is 0 Å². The molecule has 2 amide bonds. The first-order valence-corrected chi connectivity index (χ1v) is 39.9. The van der Waals surface area contributed by atoms with E-state index in [2.05, 4.69) is 31.4 Å². The molecule has 1 aliphatic heterocycles. The number of amides is 2. The van der Waals surface area contributed by atoms with Gasteiger partial charge in [0, 0.05) is 19.3 Å². The molecular weight excluding hydrogens is 1250 g/mol. The third-order valence-electron chi connectivity index (χ3n) is 16.9. The van der Waals surface area contributed by atoms with Crippen LogP contribution in [0, 0.1) is 0 Å². The molecule has 0 bridgehead atoms. The van der Waals surface area contributed by atoms with Crippen molar-refractivity contribution < 1.29 is 100 Å². The van der Waals surface area contributed by atoms with Gasteiger partial charge in [0.2, 0.25) is 11.8 Å². The monoisotopic (exact) mass is 1380 g/mol. The molecule has 1 heterocycles. The fraction of sp³-hybridized carbons (Fsp3) is 0.913. The molecule has 2 unspecified atom stereocenters. The molecule has 9 atom stereocenters.